The molecule has 0 radical (unpaired) electrons. The zero-order chi connectivity index (χ0) is 22.1. The first-order valence-electron chi connectivity index (χ1n) is 11.0. The molecule has 3 rings (SSSR count). The third-order valence-electron chi connectivity index (χ3n) is 5.55. The number of benzene rings is 1. The highest BCUT2D eigenvalue weighted by Gasteiger charge is 2.24. The molecular weight excluding hydrogens is 414 g/mol. The lowest BCUT2D eigenvalue weighted by Crippen LogP contribution is -2.30. The van der Waals surface area contributed by atoms with Gasteiger partial charge in [-0.05, 0) is 48.9 Å². The Hall–Kier alpha value is -2.22. The summed E-state index contributed by atoms with van der Waals surface area (Å²) in [7, 11) is 0. The number of aromatic carboxylic acids is 1. The Kier molecular flexibility index (Phi) is 9.06. The molecule has 0 aliphatic carbocycles. The van der Waals surface area contributed by atoms with Crippen molar-refractivity contribution in [2.45, 2.75) is 63.5 Å². The summed E-state index contributed by atoms with van der Waals surface area (Å²) in [4.78, 5) is 23.9. The number of aliphatic hydroxyl groups excluding tert-OH is 1. The number of carboxylic acids is 1. The van der Waals surface area contributed by atoms with Gasteiger partial charge in [0.1, 0.15) is 11.0 Å². The Morgan fingerprint density at radius 1 is 1.10 bits per heavy atom. The highest BCUT2D eigenvalue weighted by molar-refractivity contribution is 7.14. The van der Waals surface area contributed by atoms with Crippen LogP contribution in [-0.4, -0.2) is 41.3 Å². The number of rotatable bonds is 13. The summed E-state index contributed by atoms with van der Waals surface area (Å²) in [5, 5.41) is 21.0. The Morgan fingerprint density at radius 2 is 1.84 bits per heavy atom. The number of thiophene rings is 1. The van der Waals surface area contributed by atoms with Crippen LogP contribution in [0.1, 0.15) is 76.7 Å². The van der Waals surface area contributed by atoms with Gasteiger partial charge in [0.2, 0.25) is 5.91 Å². The van der Waals surface area contributed by atoms with Gasteiger partial charge >= 0.3 is 5.97 Å². The summed E-state index contributed by atoms with van der Waals surface area (Å²) in [5.41, 5.74) is 2.25. The molecular formula is C24H31NO5S. The average molecular weight is 446 g/mol. The minimum atomic E-state index is -0.938. The van der Waals surface area contributed by atoms with E-state index in [1.807, 2.05) is 6.07 Å². The van der Waals surface area contributed by atoms with Crippen molar-refractivity contribution in [3.8, 4) is 0 Å². The molecule has 168 valence electrons. The maximum atomic E-state index is 11.5. The SMILES string of the molecule is O=C1CC[C@H](COC(c2ccc(CCCCCCCO)cc2)c2ccc(C(=O)O)s2)N1. The molecule has 1 aromatic heterocycles. The monoisotopic (exact) mass is 445 g/mol. The van der Waals surface area contributed by atoms with Gasteiger partial charge in [0.05, 0.1) is 12.6 Å². The molecule has 1 aliphatic heterocycles. The summed E-state index contributed by atoms with van der Waals surface area (Å²) in [6.07, 6.45) is 7.33. The largest absolute Gasteiger partial charge is 0.477 e. The quantitative estimate of drug-likeness (QED) is 0.399. The van der Waals surface area contributed by atoms with Gasteiger partial charge in [-0.15, -0.1) is 11.3 Å². The van der Waals surface area contributed by atoms with Gasteiger partial charge in [0, 0.05) is 17.9 Å². The fraction of sp³-hybridized carbons (Fsp3) is 0.500. The normalized spacial score (nSPS) is 16.9. The van der Waals surface area contributed by atoms with Crippen molar-refractivity contribution in [3.63, 3.8) is 0 Å². The van der Waals surface area contributed by atoms with E-state index in [1.165, 1.54) is 16.9 Å². The Morgan fingerprint density at radius 3 is 2.48 bits per heavy atom. The van der Waals surface area contributed by atoms with Crippen LogP contribution >= 0.6 is 11.3 Å². The number of ether oxygens (including phenoxy) is 1. The van der Waals surface area contributed by atoms with E-state index < -0.39 is 5.97 Å². The lowest BCUT2D eigenvalue weighted by Gasteiger charge is -2.20. The first-order chi connectivity index (χ1) is 15.1. The predicted molar refractivity (Wildman–Crippen MR) is 121 cm³/mol. The molecule has 2 atom stereocenters. The summed E-state index contributed by atoms with van der Waals surface area (Å²) in [6.45, 7) is 0.669. The minimum absolute atomic E-state index is 0.000914. The number of hydrogen-bond donors (Lipinski definition) is 3. The van der Waals surface area contributed by atoms with Gasteiger partial charge in [-0.3, -0.25) is 4.79 Å². The van der Waals surface area contributed by atoms with E-state index in [9.17, 15) is 14.7 Å². The number of hydrogen-bond acceptors (Lipinski definition) is 5. The fourth-order valence-corrected chi connectivity index (χ4v) is 4.72. The summed E-state index contributed by atoms with van der Waals surface area (Å²) in [5.74, 6) is -0.887. The lowest BCUT2D eigenvalue weighted by molar-refractivity contribution is -0.119. The summed E-state index contributed by atoms with van der Waals surface area (Å²) < 4.78 is 6.20. The van der Waals surface area contributed by atoms with Gasteiger partial charge in [-0.1, -0.05) is 43.5 Å². The van der Waals surface area contributed by atoms with Gasteiger partial charge < -0.3 is 20.3 Å². The van der Waals surface area contributed by atoms with Crippen molar-refractivity contribution < 1.29 is 24.5 Å². The molecule has 1 saturated heterocycles. The number of nitrogens with one attached hydrogen (secondary N) is 1. The molecule has 6 nitrogen and oxygen atoms in total. The van der Waals surface area contributed by atoms with E-state index in [2.05, 4.69) is 29.6 Å². The molecule has 31 heavy (non-hydrogen) atoms. The molecule has 0 bridgehead atoms. The topological polar surface area (TPSA) is 95.9 Å². The van der Waals surface area contributed by atoms with Crippen molar-refractivity contribution in [2.24, 2.45) is 0 Å². The molecule has 0 saturated carbocycles. The Bertz CT molecular complexity index is 848. The zero-order valence-electron chi connectivity index (χ0n) is 17.7. The van der Waals surface area contributed by atoms with Crippen molar-refractivity contribution in [1.82, 2.24) is 5.32 Å². The van der Waals surface area contributed by atoms with Crippen LogP contribution in [0.3, 0.4) is 0 Å². The van der Waals surface area contributed by atoms with Crippen LogP contribution < -0.4 is 5.32 Å². The predicted octanol–water partition coefficient (Wildman–Crippen LogP) is 4.32. The van der Waals surface area contributed by atoms with Crippen LogP contribution in [0.2, 0.25) is 0 Å². The molecule has 1 fully saturated rings. The van der Waals surface area contributed by atoms with Crippen molar-refractivity contribution >= 4 is 23.2 Å². The molecule has 2 heterocycles. The number of carboxylic acid groups (broad SMARTS) is 1. The Labute approximate surface area is 187 Å². The van der Waals surface area contributed by atoms with Crippen LogP contribution in [0.15, 0.2) is 36.4 Å². The maximum absolute atomic E-state index is 11.5. The molecule has 2 aromatic rings. The first-order valence-corrected chi connectivity index (χ1v) is 11.8. The minimum Gasteiger partial charge on any atom is -0.477 e. The molecule has 0 spiro atoms. The smallest absolute Gasteiger partial charge is 0.345 e. The summed E-state index contributed by atoms with van der Waals surface area (Å²) >= 11 is 1.22. The van der Waals surface area contributed by atoms with Crippen molar-refractivity contribution in [3.05, 3.63) is 57.3 Å². The highest BCUT2D eigenvalue weighted by atomic mass is 32.1. The molecule has 1 amide bonds. The second-order valence-electron chi connectivity index (χ2n) is 8.01. The molecule has 1 unspecified atom stereocenters. The van der Waals surface area contributed by atoms with Gasteiger partial charge in [-0.25, -0.2) is 4.79 Å². The number of unbranched alkanes of at least 4 members (excludes halogenated alkanes) is 4. The molecule has 1 aromatic carbocycles. The number of aliphatic hydroxyl groups is 1. The average Bonchev–Trinajstić information content (AvgIpc) is 3.41. The van der Waals surface area contributed by atoms with Gasteiger partial charge in [0.15, 0.2) is 0 Å². The number of carbonyl (C=O) groups is 2. The zero-order valence-corrected chi connectivity index (χ0v) is 18.5. The highest BCUT2D eigenvalue weighted by Crippen LogP contribution is 2.32. The number of carbonyl (C=O) groups excluding carboxylic acids is 1. The van der Waals surface area contributed by atoms with Crippen LogP contribution in [0, 0.1) is 0 Å². The molecule has 1 aliphatic rings. The van der Waals surface area contributed by atoms with Crippen molar-refractivity contribution in [1.29, 1.82) is 0 Å². The van der Waals surface area contributed by atoms with Crippen LogP contribution in [0.25, 0.3) is 0 Å². The van der Waals surface area contributed by atoms with Crippen LogP contribution in [0.4, 0.5) is 0 Å². The van der Waals surface area contributed by atoms with Crippen LogP contribution in [0.5, 0.6) is 0 Å². The van der Waals surface area contributed by atoms with E-state index in [0.717, 1.165) is 55.4 Å². The van der Waals surface area contributed by atoms with Crippen molar-refractivity contribution in [2.75, 3.05) is 13.2 Å². The lowest BCUT2D eigenvalue weighted by atomic mass is 10.0. The van der Waals surface area contributed by atoms with Gasteiger partial charge in [0.25, 0.3) is 0 Å². The van der Waals surface area contributed by atoms with E-state index >= 15 is 0 Å². The van der Waals surface area contributed by atoms with E-state index in [4.69, 9.17) is 9.84 Å². The fourth-order valence-electron chi connectivity index (χ4n) is 3.80. The van der Waals surface area contributed by atoms with E-state index in [0.29, 0.717) is 13.0 Å². The second kappa shape index (κ2) is 12.0. The van der Waals surface area contributed by atoms with Gasteiger partial charge in [-0.2, -0.15) is 0 Å². The first kappa shape index (κ1) is 23.4. The maximum Gasteiger partial charge on any atom is 0.345 e. The number of amides is 1. The van der Waals surface area contributed by atoms with Crippen LogP contribution in [-0.2, 0) is 16.0 Å². The number of aryl methyl sites for hydroxylation is 1. The third-order valence-corrected chi connectivity index (χ3v) is 6.67. The molecule has 3 N–H and O–H groups in total. The summed E-state index contributed by atoms with van der Waals surface area (Å²) in [6, 6.07) is 11.8. The van der Waals surface area contributed by atoms with E-state index in [-0.39, 0.29) is 29.5 Å². The van der Waals surface area contributed by atoms with E-state index in [1.54, 1.807) is 6.07 Å². The Balaban J connectivity index is 1.63. The third kappa shape index (κ3) is 7.16. The standard InChI is InChI=1S/C24H31NO5S/c26-15-5-3-1-2-4-6-17-7-9-18(10-8-17)23(20-12-13-21(31-20)24(28)29)30-16-19-11-14-22(27)25-19/h7-10,12-13,19,23,26H,1-6,11,14-16H2,(H,25,27)(H,28,29)/t19-,23?/m1/s1. The second-order valence-corrected chi connectivity index (χ2v) is 9.12. The molecule has 7 heteroatoms.